The fraction of sp³-hybridized carbons (Fsp3) is 0.100. The number of benzene rings is 2. The fourth-order valence-electron chi connectivity index (χ4n) is 2.62. The summed E-state index contributed by atoms with van der Waals surface area (Å²) in [7, 11) is 0. The van der Waals surface area contributed by atoms with Crippen molar-refractivity contribution in [2.45, 2.75) is 13.8 Å². The molecule has 1 aliphatic rings. The standard InChI is InChI=1S/C20H17N3O4/c1-12-18(11-14-4-3-5-17(25)10-14)20(27)23(22-12)19(26)15-6-8-16(9-7-15)21-13(2)24/h3-11,25H,1-2H3,(H,21,24)/b18-11+. The Morgan fingerprint density at radius 3 is 2.48 bits per heavy atom. The zero-order chi connectivity index (χ0) is 19.6. The number of imide groups is 1. The molecule has 0 spiro atoms. The van der Waals surface area contributed by atoms with Crippen molar-refractivity contribution in [1.82, 2.24) is 5.01 Å². The number of nitrogens with one attached hydrogen (secondary N) is 1. The van der Waals surface area contributed by atoms with Crippen molar-refractivity contribution >= 4 is 35.2 Å². The fourth-order valence-corrected chi connectivity index (χ4v) is 2.62. The van der Waals surface area contributed by atoms with Crippen molar-refractivity contribution in [2.24, 2.45) is 5.10 Å². The quantitative estimate of drug-likeness (QED) is 0.647. The molecule has 136 valence electrons. The van der Waals surface area contributed by atoms with Gasteiger partial charge in [-0.05, 0) is 55.0 Å². The number of carbonyl (C=O) groups excluding carboxylic acids is 3. The molecule has 2 N–H and O–H groups in total. The number of nitrogens with zero attached hydrogens (tertiary/aromatic N) is 2. The Kier molecular flexibility index (Phi) is 4.85. The van der Waals surface area contributed by atoms with Gasteiger partial charge in [-0.25, -0.2) is 0 Å². The van der Waals surface area contributed by atoms with Gasteiger partial charge in [-0.15, -0.1) is 0 Å². The Bertz CT molecular complexity index is 991. The number of hydrogen-bond donors (Lipinski definition) is 2. The first-order valence-electron chi connectivity index (χ1n) is 8.18. The van der Waals surface area contributed by atoms with Crippen LogP contribution in [0.1, 0.15) is 29.8 Å². The number of phenols is 1. The molecule has 0 atom stereocenters. The van der Waals surface area contributed by atoms with Crippen LogP contribution in [0.4, 0.5) is 5.69 Å². The Hall–Kier alpha value is -3.74. The van der Waals surface area contributed by atoms with E-state index in [1.165, 1.54) is 31.2 Å². The summed E-state index contributed by atoms with van der Waals surface area (Å²) < 4.78 is 0. The maximum atomic E-state index is 12.6. The molecule has 0 unspecified atom stereocenters. The molecule has 2 aromatic rings. The van der Waals surface area contributed by atoms with E-state index < -0.39 is 11.8 Å². The largest absolute Gasteiger partial charge is 0.508 e. The van der Waals surface area contributed by atoms with Gasteiger partial charge in [0.1, 0.15) is 5.75 Å². The normalized spacial score (nSPS) is 15.0. The smallest absolute Gasteiger partial charge is 0.283 e. The van der Waals surface area contributed by atoms with Crippen molar-refractivity contribution in [1.29, 1.82) is 0 Å². The first kappa shape index (κ1) is 18.1. The van der Waals surface area contributed by atoms with E-state index in [-0.39, 0.29) is 22.8 Å². The molecule has 0 fully saturated rings. The molecule has 7 nitrogen and oxygen atoms in total. The highest BCUT2D eigenvalue weighted by Crippen LogP contribution is 2.22. The summed E-state index contributed by atoms with van der Waals surface area (Å²) in [4.78, 5) is 36.3. The number of phenolic OH excluding ortho intramolecular Hbond substituents is 1. The van der Waals surface area contributed by atoms with Crippen LogP contribution in [0.15, 0.2) is 59.2 Å². The monoisotopic (exact) mass is 363 g/mol. The van der Waals surface area contributed by atoms with Crippen molar-refractivity contribution in [3.63, 3.8) is 0 Å². The summed E-state index contributed by atoms with van der Waals surface area (Å²) in [6.45, 7) is 3.03. The third-order valence-corrected chi connectivity index (χ3v) is 3.89. The number of rotatable bonds is 3. The van der Waals surface area contributed by atoms with Gasteiger partial charge in [0.2, 0.25) is 5.91 Å². The summed E-state index contributed by atoms with van der Waals surface area (Å²) in [5.41, 5.74) is 2.14. The van der Waals surface area contributed by atoms with Crippen LogP contribution in [0, 0.1) is 0 Å². The maximum absolute atomic E-state index is 12.6. The van der Waals surface area contributed by atoms with Crippen molar-refractivity contribution in [3.05, 3.63) is 65.2 Å². The maximum Gasteiger partial charge on any atom is 0.283 e. The Morgan fingerprint density at radius 1 is 1.15 bits per heavy atom. The van der Waals surface area contributed by atoms with Crippen LogP contribution in [0.25, 0.3) is 6.08 Å². The van der Waals surface area contributed by atoms with Crippen LogP contribution in [-0.4, -0.2) is 33.5 Å². The Labute approximate surface area is 155 Å². The van der Waals surface area contributed by atoms with E-state index >= 15 is 0 Å². The van der Waals surface area contributed by atoms with Crippen LogP contribution in [-0.2, 0) is 9.59 Å². The Morgan fingerprint density at radius 2 is 1.85 bits per heavy atom. The molecule has 0 bridgehead atoms. The van der Waals surface area contributed by atoms with Gasteiger partial charge in [-0.3, -0.25) is 14.4 Å². The lowest BCUT2D eigenvalue weighted by molar-refractivity contribution is -0.123. The summed E-state index contributed by atoms with van der Waals surface area (Å²) >= 11 is 0. The molecule has 1 aliphatic heterocycles. The molecule has 1 heterocycles. The zero-order valence-electron chi connectivity index (χ0n) is 14.8. The van der Waals surface area contributed by atoms with Crippen LogP contribution < -0.4 is 5.32 Å². The van der Waals surface area contributed by atoms with E-state index in [2.05, 4.69) is 10.4 Å². The van der Waals surface area contributed by atoms with Crippen LogP contribution >= 0.6 is 0 Å². The second-order valence-electron chi connectivity index (χ2n) is 6.02. The van der Waals surface area contributed by atoms with Gasteiger partial charge >= 0.3 is 0 Å². The topological polar surface area (TPSA) is 99.1 Å². The predicted octanol–water partition coefficient (Wildman–Crippen LogP) is 2.79. The lowest BCUT2D eigenvalue weighted by Gasteiger charge is -2.10. The van der Waals surface area contributed by atoms with Crippen molar-refractivity contribution in [2.75, 3.05) is 5.32 Å². The van der Waals surface area contributed by atoms with E-state index in [1.807, 2.05) is 0 Å². The summed E-state index contributed by atoms with van der Waals surface area (Å²) in [6.07, 6.45) is 1.58. The van der Waals surface area contributed by atoms with Crippen LogP contribution in [0.5, 0.6) is 5.75 Å². The number of anilines is 1. The Balaban J connectivity index is 1.83. The molecule has 3 amide bonds. The molecule has 7 heteroatoms. The molecule has 0 saturated carbocycles. The molecule has 2 aromatic carbocycles. The highest BCUT2D eigenvalue weighted by molar-refractivity contribution is 6.30. The van der Waals surface area contributed by atoms with Gasteiger partial charge in [0.05, 0.1) is 11.3 Å². The first-order valence-corrected chi connectivity index (χ1v) is 8.18. The molecule has 0 aromatic heterocycles. The minimum Gasteiger partial charge on any atom is -0.508 e. The molecule has 0 aliphatic carbocycles. The van der Waals surface area contributed by atoms with Crippen molar-refractivity contribution < 1.29 is 19.5 Å². The minimum absolute atomic E-state index is 0.0802. The highest BCUT2D eigenvalue weighted by Gasteiger charge is 2.32. The summed E-state index contributed by atoms with van der Waals surface area (Å²) in [5, 5.41) is 17.0. The van der Waals surface area contributed by atoms with E-state index in [0.717, 1.165) is 5.01 Å². The van der Waals surface area contributed by atoms with Gasteiger partial charge in [-0.1, -0.05) is 12.1 Å². The van der Waals surface area contributed by atoms with Gasteiger partial charge in [0.15, 0.2) is 0 Å². The van der Waals surface area contributed by atoms with Crippen LogP contribution in [0.2, 0.25) is 0 Å². The van der Waals surface area contributed by atoms with E-state index in [0.29, 0.717) is 17.0 Å². The average molecular weight is 363 g/mol. The second kappa shape index (κ2) is 7.25. The number of aromatic hydroxyl groups is 1. The van der Waals surface area contributed by atoms with Gasteiger partial charge < -0.3 is 10.4 Å². The molecule has 27 heavy (non-hydrogen) atoms. The molecule has 0 saturated heterocycles. The number of amides is 3. The lowest BCUT2D eigenvalue weighted by atomic mass is 10.1. The molecular weight excluding hydrogens is 346 g/mol. The zero-order valence-corrected chi connectivity index (χ0v) is 14.8. The second-order valence-corrected chi connectivity index (χ2v) is 6.02. The van der Waals surface area contributed by atoms with Gasteiger partial charge in [-0.2, -0.15) is 10.1 Å². The average Bonchev–Trinajstić information content (AvgIpc) is 2.89. The van der Waals surface area contributed by atoms with Gasteiger partial charge in [0, 0.05) is 18.2 Å². The summed E-state index contributed by atoms with van der Waals surface area (Å²) in [6, 6.07) is 12.6. The number of carbonyl (C=O) groups is 3. The molecule has 3 rings (SSSR count). The molecular formula is C20H17N3O4. The number of hydrazone groups is 1. The van der Waals surface area contributed by atoms with Gasteiger partial charge in [0.25, 0.3) is 11.8 Å². The van der Waals surface area contributed by atoms with E-state index in [9.17, 15) is 19.5 Å². The molecule has 0 radical (unpaired) electrons. The lowest BCUT2D eigenvalue weighted by Crippen LogP contribution is -2.29. The first-order chi connectivity index (χ1) is 12.8. The van der Waals surface area contributed by atoms with Crippen LogP contribution in [0.3, 0.4) is 0 Å². The van der Waals surface area contributed by atoms with E-state index in [4.69, 9.17) is 0 Å². The van der Waals surface area contributed by atoms with Crippen molar-refractivity contribution in [3.8, 4) is 5.75 Å². The number of hydrogen-bond acceptors (Lipinski definition) is 5. The SMILES string of the molecule is CC(=O)Nc1ccc(C(=O)N2N=C(C)/C(=C\c3cccc(O)c3)C2=O)cc1. The highest BCUT2D eigenvalue weighted by atomic mass is 16.3. The third-order valence-electron chi connectivity index (χ3n) is 3.89. The van der Waals surface area contributed by atoms with E-state index in [1.54, 1.807) is 37.3 Å². The minimum atomic E-state index is -0.562. The summed E-state index contributed by atoms with van der Waals surface area (Å²) in [5.74, 6) is -1.23. The third kappa shape index (κ3) is 3.92. The predicted molar refractivity (Wildman–Crippen MR) is 101 cm³/mol.